The first-order chi connectivity index (χ1) is 14.9. The second kappa shape index (κ2) is 10.1. The monoisotopic (exact) mass is 426 g/mol. The van der Waals surface area contributed by atoms with Crippen LogP contribution < -0.4 is 15.4 Å². The number of halogens is 2. The molecule has 7 nitrogen and oxygen atoms in total. The summed E-state index contributed by atoms with van der Waals surface area (Å²) in [5.74, 6) is -0.901. The van der Waals surface area contributed by atoms with Crippen molar-refractivity contribution in [2.75, 3.05) is 10.6 Å². The van der Waals surface area contributed by atoms with Crippen molar-refractivity contribution in [2.24, 2.45) is 0 Å². The summed E-state index contributed by atoms with van der Waals surface area (Å²) in [5.41, 5.74) is 1.57. The average molecular weight is 426 g/mol. The molecule has 2 aromatic carbocycles. The number of anilines is 2. The van der Waals surface area contributed by atoms with Crippen molar-refractivity contribution in [3.8, 4) is 5.75 Å². The number of hydrogen-bond donors (Lipinski definition) is 2. The predicted molar refractivity (Wildman–Crippen MR) is 113 cm³/mol. The summed E-state index contributed by atoms with van der Waals surface area (Å²) >= 11 is 0. The topological polar surface area (TPSA) is 85.2 Å². The molecule has 160 valence electrons. The lowest BCUT2D eigenvalue weighted by Crippen LogP contribution is -2.17. The van der Waals surface area contributed by atoms with Gasteiger partial charge in [0, 0.05) is 24.5 Å². The lowest BCUT2D eigenvalue weighted by molar-refractivity contribution is -0.111. The van der Waals surface area contributed by atoms with E-state index in [1.807, 2.05) is 13.0 Å². The summed E-state index contributed by atoms with van der Waals surface area (Å²) in [4.78, 5) is 25.0. The van der Waals surface area contributed by atoms with Gasteiger partial charge in [0.05, 0.1) is 5.69 Å². The number of nitrogens with zero attached hydrogens (tertiary/aromatic N) is 2. The molecule has 0 radical (unpaired) electrons. The largest absolute Gasteiger partial charge is 0.435 e. The minimum Gasteiger partial charge on any atom is -0.435 e. The van der Waals surface area contributed by atoms with Gasteiger partial charge in [0.2, 0.25) is 5.91 Å². The molecule has 1 aromatic heterocycles. The summed E-state index contributed by atoms with van der Waals surface area (Å²) in [6, 6.07) is 14.7. The minimum atomic E-state index is -2.90. The van der Waals surface area contributed by atoms with Crippen LogP contribution in [-0.2, 0) is 11.3 Å². The fourth-order valence-corrected chi connectivity index (χ4v) is 2.66. The maximum atomic E-state index is 12.6. The molecule has 0 unspecified atom stereocenters. The fraction of sp³-hybridized carbons (Fsp3) is 0.136. The molecule has 0 atom stereocenters. The van der Waals surface area contributed by atoms with E-state index in [-0.39, 0.29) is 17.1 Å². The van der Waals surface area contributed by atoms with Gasteiger partial charge in [-0.1, -0.05) is 30.3 Å². The van der Waals surface area contributed by atoms with Gasteiger partial charge in [-0.15, -0.1) is 0 Å². The smallest absolute Gasteiger partial charge is 0.387 e. The number of ether oxygens (including phenoxy) is 1. The maximum Gasteiger partial charge on any atom is 0.387 e. The number of amides is 2. The van der Waals surface area contributed by atoms with Gasteiger partial charge >= 0.3 is 6.61 Å². The molecule has 0 aliphatic carbocycles. The summed E-state index contributed by atoms with van der Waals surface area (Å²) in [5, 5.41) is 9.60. The third-order valence-electron chi connectivity index (χ3n) is 4.12. The number of aryl methyl sites for hydroxylation is 1. The van der Waals surface area contributed by atoms with Gasteiger partial charge in [0.1, 0.15) is 5.75 Å². The predicted octanol–water partition coefficient (Wildman–Crippen LogP) is 4.41. The highest BCUT2D eigenvalue weighted by Gasteiger charge is 2.18. The van der Waals surface area contributed by atoms with Crippen LogP contribution in [0.3, 0.4) is 0 Å². The lowest BCUT2D eigenvalue weighted by atomic mass is 10.2. The molecule has 2 N–H and O–H groups in total. The molecule has 0 saturated carbocycles. The minimum absolute atomic E-state index is 0.0256. The molecule has 9 heteroatoms. The van der Waals surface area contributed by atoms with Crippen LogP contribution >= 0.6 is 0 Å². The standard InChI is InChI=1S/C22H20F2N4O3/c1-2-28-14-18(20(27-28)21(30)25-16-6-4-3-5-7-16)26-19(29)13-10-15-8-11-17(12-9-15)31-22(23)24/h3-14,22H,2H2,1H3,(H,25,30)(H,26,29)/b13-10-. The Morgan fingerprint density at radius 2 is 1.81 bits per heavy atom. The Hall–Kier alpha value is -4.01. The molecule has 0 saturated heterocycles. The van der Waals surface area contributed by atoms with Crippen LogP contribution in [0, 0.1) is 0 Å². The van der Waals surface area contributed by atoms with Crippen LogP contribution in [0.15, 0.2) is 66.9 Å². The van der Waals surface area contributed by atoms with E-state index >= 15 is 0 Å². The number of carbonyl (C=O) groups excluding carboxylic acids is 2. The number of benzene rings is 2. The van der Waals surface area contributed by atoms with E-state index in [4.69, 9.17) is 0 Å². The molecule has 3 rings (SSSR count). The second-order valence-electron chi connectivity index (χ2n) is 6.34. The number of para-hydroxylation sites is 1. The van der Waals surface area contributed by atoms with E-state index in [0.29, 0.717) is 17.8 Å². The molecular formula is C22H20F2N4O3. The van der Waals surface area contributed by atoms with Gasteiger partial charge in [-0.25, -0.2) is 0 Å². The van der Waals surface area contributed by atoms with Crippen molar-refractivity contribution >= 4 is 29.3 Å². The summed E-state index contributed by atoms with van der Waals surface area (Å²) in [7, 11) is 0. The number of hydrogen-bond acceptors (Lipinski definition) is 4. The van der Waals surface area contributed by atoms with Crippen LogP contribution in [0.4, 0.5) is 20.2 Å². The van der Waals surface area contributed by atoms with Crippen molar-refractivity contribution in [1.82, 2.24) is 9.78 Å². The zero-order chi connectivity index (χ0) is 22.2. The van der Waals surface area contributed by atoms with Crippen molar-refractivity contribution < 1.29 is 23.1 Å². The van der Waals surface area contributed by atoms with E-state index in [9.17, 15) is 18.4 Å². The first kappa shape index (κ1) is 21.7. The first-order valence-corrected chi connectivity index (χ1v) is 9.42. The lowest BCUT2D eigenvalue weighted by Gasteiger charge is -2.05. The third-order valence-corrected chi connectivity index (χ3v) is 4.12. The van der Waals surface area contributed by atoms with Gasteiger partial charge in [-0.05, 0) is 42.8 Å². The highest BCUT2D eigenvalue weighted by atomic mass is 19.3. The van der Waals surface area contributed by atoms with Crippen LogP contribution in [0.25, 0.3) is 6.08 Å². The third kappa shape index (κ3) is 6.23. The number of rotatable bonds is 8. The number of carbonyl (C=O) groups is 2. The molecule has 0 bridgehead atoms. The normalized spacial score (nSPS) is 11.0. The van der Waals surface area contributed by atoms with E-state index in [0.717, 1.165) is 0 Å². The highest BCUT2D eigenvalue weighted by Crippen LogP contribution is 2.18. The van der Waals surface area contributed by atoms with Crippen LogP contribution in [-0.4, -0.2) is 28.2 Å². The van der Waals surface area contributed by atoms with E-state index in [1.54, 1.807) is 35.1 Å². The summed E-state index contributed by atoms with van der Waals surface area (Å²) < 4.78 is 30.2. The Balaban J connectivity index is 1.68. The quantitative estimate of drug-likeness (QED) is 0.523. The SMILES string of the molecule is CCn1cc(NC(=O)/C=C\c2ccc(OC(F)F)cc2)c(C(=O)Nc2ccccc2)n1. The molecule has 0 fully saturated rings. The molecule has 31 heavy (non-hydrogen) atoms. The second-order valence-corrected chi connectivity index (χ2v) is 6.34. The highest BCUT2D eigenvalue weighted by molar-refractivity contribution is 6.10. The molecule has 0 aliphatic heterocycles. The van der Waals surface area contributed by atoms with Gasteiger partial charge < -0.3 is 15.4 Å². The van der Waals surface area contributed by atoms with E-state index in [1.165, 1.54) is 36.4 Å². The zero-order valence-corrected chi connectivity index (χ0v) is 16.6. The van der Waals surface area contributed by atoms with Gasteiger partial charge in [0.15, 0.2) is 5.69 Å². The Kier molecular flexibility index (Phi) is 7.10. The number of aromatic nitrogens is 2. The molecule has 0 spiro atoms. The van der Waals surface area contributed by atoms with Crippen LogP contribution in [0.2, 0.25) is 0 Å². The van der Waals surface area contributed by atoms with Gasteiger partial charge in [-0.3, -0.25) is 14.3 Å². The first-order valence-electron chi connectivity index (χ1n) is 9.42. The molecular weight excluding hydrogens is 406 g/mol. The van der Waals surface area contributed by atoms with E-state index in [2.05, 4.69) is 20.5 Å². The van der Waals surface area contributed by atoms with Crippen LogP contribution in [0.1, 0.15) is 23.0 Å². The number of nitrogens with one attached hydrogen (secondary N) is 2. The Morgan fingerprint density at radius 1 is 1.10 bits per heavy atom. The Morgan fingerprint density at radius 3 is 2.45 bits per heavy atom. The fourth-order valence-electron chi connectivity index (χ4n) is 2.66. The van der Waals surface area contributed by atoms with Gasteiger partial charge in [-0.2, -0.15) is 13.9 Å². The molecule has 3 aromatic rings. The van der Waals surface area contributed by atoms with E-state index < -0.39 is 18.4 Å². The molecule has 1 heterocycles. The average Bonchev–Trinajstić information content (AvgIpc) is 3.16. The Labute approximate surface area is 177 Å². The van der Waals surface area contributed by atoms with Crippen molar-refractivity contribution in [3.63, 3.8) is 0 Å². The zero-order valence-electron chi connectivity index (χ0n) is 16.6. The van der Waals surface area contributed by atoms with Crippen LogP contribution in [0.5, 0.6) is 5.75 Å². The Bertz CT molecular complexity index is 1060. The molecule has 0 aliphatic rings. The molecule has 2 amide bonds. The number of alkyl halides is 2. The van der Waals surface area contributed by atoms with Gasteiger partial charge in [0.25, 0.3) is 5.91 Å². The van der Waals surface area contributed by atoms with Crippen molar-refractivity contribution in [1.29, 1.82) is 0 Å². The van der Waals surface area contributed by atoms with Crippen molar-refractivity contribution in [3.05, 3.63) is 78.1 Å². The van der Waals surface area contributed by atoms with Crippen molar-refractivity contribution in [2.45, 2.75) is 20.1 Å². The summed E-state index contributed by atoms with van der Waals surface area (Å²) in [6.45, 7) is -0.520. The summed E-state index contributed by atoms with van der Waals surface area (Å²) in [6.07, 6.45) is 4.35. The maximum absolute atomic E-state index is 12.6.